The van der Waals surface area contributed by atoms with E-state index in [1.807, 2.05) is 5.32 Å². The van der Waals surface area contributed by atoms with Crippen molar-refractivity contribution in [2.45, 2.75) is 58.1 Å². The maximum Gasteiger partial charge on any atom is 0.408 e. The third-order valence-corrected chi connectivity index (χ3v) is 1.91. The minimum Gasteiger partial charge on any atom is -0.481 e. The molecule has 0 bridgehead atoms. The monoisotopic (exact) mass is 267 g/mol. The van der Waals surface area contributed by atoms with E-state index in [4.69, 9.17) is 9.84 Å². The van der Waals surface area contributed by atoms with Gasteiger partial charge in [-0.15, -0.1) is 0 Å². The van der Waals surface area contributed by atoms with Gasteiger partial charge in [-0.3, -0.25) is 4.79 Å². The van der Waals surface area contributed by atoms with Crippen molar-refractivity contribution in [3.63, 3.8) is 0 Å². The molecule has 0 aromatic carbocycles. The third kappa shape index (κ3) is 8.72. The Labute approximate surface area is 105 Å². The Balaban J connectivity index is 4.19. The minimum absolute atomic E-state index is 0.0696. The van der Waals surface area contributed by atoms with Crippen molar-refractivity contribution in [1.29, 1.82) is 0 Å². The number of carboxylic acid groups (broad SMARTS) is 1. The lowest BCUT2D eigenvalue weighted by atomic mass is 10.1. The second kappa shape index (κ2) is 7.13. The molecule has 0 aromatic heterocycles. The average molecular weight is 267 g/mol. The van der Waals surface area contributed by atoms with E-state index in [0.29, 0.717) is 0 Å². The molecule has 0 fully saturated rings. The number of amides is 1. The van der Waals surface area contributed by atoms with Crippen LogP contribution in [0.15, 0.2) is 0 Å². The van der Waals surface area contributed by atoms with E-state index in [1.54, 1.807) is 20.8 Å². The van der Waals surface area contributed by atoms with Gasteiger partial charge in [0.2, 0.25) is 0 Å². The van der Waals surface area contributed by atoms with Crippen molar-refractivity contribution in [2.75, 3.05) is 0 Å². The van der Waals surface area contributed by atoms with Crippen LogP contribution in [0, 0.1) is 0 Å². The maximum atomic E-state index is 12.6. The Morgan fingerprint density at radius 1 is 1.33 bits per heavy atom. The molecule has 5 nitrogen and oxygen atoms in total. The van der Waals surface area contributed by atoms with Gasteiger partial charge in [0.15, 0.2) is 0 Å². The Morgan fingerprint density at radius 3 is 2.28 bits per heavy atom. The van der Waals surface area contributed by atoms with Crippen LogP contribution in [0.5, 0.6) is 0 Å². The second-order valence-corrected chi connectivity index (χ2v) is 4.87. The summed E-state index contributed by atoms with van der Waals surface area (Å²) >= 11 is 0. The molecule has 1 unspecified atom stereocenters. The predicted octanol–water partition coefficient (Wildman–Crippen LogP) is 2.40. The lowest BCUT2D eigenvalue weighted by Crippen LogP contribution is -2.42. The molecule has 0 saturated heterocycles. The summed E-state index contributed by atoms with van der Waals surface area (Å²) in [4.78, 5) is 21.5. The van der Waals surface area contributed by atoms with Gasteiger partial charge in [-0.05, 0) is 33.6 Å². The van der Waals surface area contributed by atoms with Crippen LogP contribution < -0.4 is 5.32 Å². The van der Waals surface area contributed by atoms with E-state index in [1.165, 1.54) is 0 Å². The van der Waals surface area contributed by atoms with Gasteiger partial charge in [0, 0.05) is 6.42 Å². The highest BCUT2D eigenvalue weighted by molar-refractivity contribution is 5.68. The number of carboxylic acids is 1. The van der Waals surface area contributed by atoms with Gasteiger partial charge >= 0.3 is 12.1 Å². The van der Waals surface area contributed by atoms with Gasteiger partial charge in [-0.25, -0.2) is 13.6 Å². The van der Waals surface area contributed by atoms with Crippen LogP contribution in [0.25, 0.3) is 0 Å². The van der Waals surface area contributed by atoms with Crippen LogP contribution in [-0.4, -0.2) is 35.2 Å². The third-order valence-electron chi connectivity index (χ3n) is 1.91. The zero-order valence-electron chi connectivity index (χ0n) is 10.7. The topological polar surface area (TPSA) is 75.6 Å². The first kappa shape index (κ1) is 16.6. The van der Waals surface area contributed by atoms with Crippen LogP contribution in [0.3, 0.4) is 0 Å². The number of ether oxygens (including phenoxy) is 1. The number of hydrogen-bond acceptors (Lipinski definition) is 3. The van der Waals surface area contributed by atoms with E-state index >= 15 is 0 Å². The van der Waals surface area contributed by atoms with Gasteiger partial charge in [0.05, 0.1) is 6.04 Å². The average Bonchev–Trinajstić information content (AvgIpc) is 2.12. The van der Waals surface area contributed by atoms with Gasteiger partial charge in [0.1, 0.15) is 5.60 Å². The molecule has 0 spiro atoms. The van der Waals surface area contributed by atoms with Crippen molar-refractivity contribution in [1.82, 2.24) is 5.32 Å². The summed E-state index contributed by atoms with van der Waals surface area (Å²) in [6, 6.07) is -1.39. The summed E-state index contributed by atoms with van der Waals surface area (Å²) in [5.74, 6) is -1.06. The molecule has 0 aliphatic carbocycles. The molecule has 0 heterocycles. The number of hydrogen-bond donors (Lipinski definition) is 2. The zero-order chi connectivity index (χ0) is 14.3. The first-order valence-electron chi connectivity index (χ1n) is 5.61. The number of halogens is 2. The largest absolute Gasteiger partial charge is 0.481 e. The molecule has 0 rings (SSSR count). The lowest BCUT2D eigenvalue weighted by molar-refractivity contribution is -0.137. The fraction of sp³-hybridized carbons (Fsp3) is 0.818. The van der Waals surface area contributed by atoms with Crippen molar-refractivity contribution in [2.24, 2.45) is 0 Å². The Morgan fingerprint density at radius 2 is 1.89 bits per heavy atom. The molecule has 0 aromatic rings. The SMILES string of the molecule is CC(C)(C)OC(=O)NC(CCCC(=O)O)C(F)F. The lowest BCUT2D eigenvalue weighted by Gasteiger charge is -2.23. The number of carbonyl (C=O) groups is 2. The standard InChI is InChI=1S/C11H19F2NO4/c1-11(2,3)18-10(17)14-7(9(12)13)5-4-6-8(15)16/h7,9H,4-6H2,1-3H3,(H,14,17)(H,15,16). The molecule has 18 heavy (non-hydrogen) atoms. The van der Waals surface area contributed by atoms with Crippen molar-refractivity contribution < 1.29 is 28.2 Å². The fourth-order valence-corrected chi connectivity index (χ4v) is 1.19. The maximum absolute atomic E-state index is 12.6. The zero-order valence-corrected chi connectivity index (χ0v) is 10.7. The highest BCUT2D eigenvalue weighted by Gasteiger charge is 2.25. The van der Waals surface area contributed by atoms with Gasteiger partial charge in [-0.1, -0.05) is 0 Å². The van der Waals surface area contributed by atoms with E-state index in [0.717, 1.165) is 0 Å². The Bertz CT molecular complexity index is 289. The summed E-state index contributed by atoms with van der Waals surface area (Å²) in [5, 5.41) is 10.4. The molecule has 106 valence electrons. The minimum atomic E-state index is -2.76. The molecule has 7 heteroatoms. The van der Waals surface area contributed by atoms with Crippen molar-refractivity contribution in [3.05, 3.63) is 0 Å². The molecule has 0 saturated carbocycles. The highest BCUT2D eigenvalue weighted by Crippen LogP contribution is 2.12. The summed E-state index contributed by atoms with van der Waals surface area (Å²) in [6.07, 6.45) is -3.93. The summed E-state index contributed by atoms with van der Waals surface area (Å²) < 4.78 is 30.0. The number of rotatable bonds is 6. The van der Waals surface area contributed by atoms with Gasteiger partial charge < -0.3 is 15.2 Å². The van der Waals surface area contributed by atoms with Gasteiger partial charge in [-0.2, -0.15) is 0 Å². The molecule has 0 radical (unpaired) electrons. The summed E-state index contributed by atoms with van der Waals surface area (Å²) in [6.45, 7) is 4.86. The molecule has 0 aliphatic heterocycles. The van der Waals surface area contributed by atoms with Crippen LogP contribution in [0.4, 0.5) is 13.6 Å². The molecule has 1 amide bonds. The Kier molecular flexibility index (Phi) is 6.57. The van der Waals surface area contributed by atoms with E-state index < -0.39 is 30.1 Å². The number of aliphatic carboxylic acids is 1. The first-order chi connectivity index (χ1) is 8.11. The van der Waals surface area contributed by atoms with Crippen molar-refractivity contribution in [3.8, 4) is 0 Å². The number of alkyl carbamates (subject to hydrolysis) is 1. The molecule has 1 atom stereocenters. The fourth-order valence-electron chi connectivity index (χ4n) is 1.19. The summed E-state index contributed by atoms with van der Waals surface area (Å²) in [5.41, 5.74) is -0.766. The van der Waals surface area contributed by atoms with E-state index in [2.05, 4.69) is 0 Å². The molecule has 0 aliphatic rings. The van der Waals surface area contributed by atoms with E-state index in [-0.39, 0.29) is 19.3 Å². The van der Waals surface area contributed by atoms with Crippen molar-refractivity contribution >= 4 is 12.1 Å². The highest BCUT2D eigenvalue weighted by atomic mass is 19.3. The van der Waals surface area contributed by atoms with Crippen LogP contribution in [0.2, 0.25) is 0 Å². The molecular formula is C11H19F2NO4. The Hall–Kier alpha value is -1.40. The molecule has 2 N–H and O–H groups in total. The smallest absolute Gasteiger partial charge is 0.408 e. The first-order valence-corrected chi connectivity index (χ1v) is 5.61. The molecular weight excluding hydrogens is 248 g/mol. The van der Waals surface area contributed by atoms with E-state index in [9.17, 15) is 18.4 Å². The summed E-state index contributed by atoms with van der Waals surface area (Å²) in [7, 11) is 0. The second-order valence-electron chi connectivity index (χ2n) is 4.87. The van der Waals surface area contributed by atoms with Crippen LogP contribution in [0.1, 0.15) is 40.0 Å². The van der Waals surface area contributed by atoms with Crippen LogP contribution in [-0.2, 0) is 9.53 Å². The number of carbonyl (C=O) groups excluding carboxylic acids is 1. The van der Waals surface area contributed by atoms with Crippen LogP contribution >= 0.6 is 0 Å². The predicted molar refractivity (Wildman–Crippen MR) is 60.6 cm³/mol. The van der Waals surface area contributed by atoms with Gasteiger partial charge in [0.25, 0.3) is 6.43 Å². The normalized spacial score (nSPS) is 13.2. The number of alkyl halides is 2. The number of nitrogens with one attached hydrogen (secondary N) is 1. The quantitative estimate of drug-likeness (QED) is 0.774.